The Balaban J connectivity index is 2.90. The largest absolute Gasteiger partial charge is 0.496 e. The standard InChI is InChI=1S/C13H18O4/c1-8-7-12(17-3)9(2)6-10(8)11(14)4-5-13(15)16/h6-7,11,14H,4-5H2,1-3H3,(H,15,16)/t11-/m0/s1. The van der Waals surface area contributed by atoms with Crippen LogP contribution in [0, 0.1) is 13.8 Å². The zero-order valence-electron chi connectivity index (χ0n) is 10.4. The zero-order valence-corrected chi connectivity index (χ0v) is 10.4. The fourth-order valence-electron chi connectivity index (χ4n) is 1.81. The first-order chi connectivity index (χ1) is 7.95. The van der Waals surface area contributed by atoms with E-state index < -0.39 is 12.1 Å². The molecule has 1 rings (SSSR count). The molecule has 2 N–H and O–H groups in total. The van der Waals surface area contributed by atoms with Crippen LogP contribution in [0.4, 0.5) is 0 Å². The monoisotopic (exact) mass is 238 g/mol. The summed E-state index contributed by atoms with van der Waals surface area (Å²) in [6, 6.07) is 3.70. The van der Waals surface area contributed by atoms with Crippen LogP contribution in [-0.4, -0.2) is 23.3 Å². The Hall–Kier alpha value is -1.55. The van der Waals surface area contributed by atoms with Gasteiger partial charge in [-0.1, -0.05) is 0 Å². The van der Waals surface area contributed by atoms with Crippen LogP contribution >= 0.6 is 0 Å². The van der Waals surface area contributed by atoms with Gasteiger partial charge in [0, 0.05) is 6.42 Å². The number of carboxylic acid groups (broad SMARTS) is 1. The number of hydrogen-bond donors (Lipinski definition) is 2. The first kappa shape index (κ1) is 13.5. The predicted octanol–water partition coefficient (Wildman–Crippen LogP) is 2.21. The summed E-state index contributed by atoms with van der Waals surface area (Å²) in [5.41, 5.74) is 2.61. The van der Waals surface area contributed by atoms with E-state index in [1.165, 1.54) is 0 Å². The van der Waals surface area contributed by atoms with E-state index in [2.05, 4.69) is 0 Å². The van der Waals surface area contributed by atoms with E-state index in [-0.39, 0.29) is 12.8 Å². The molecule has 1 aromatic rings. The Labute approximate surface area is 101 Å². The molecule has 94 valence electrons. The first-order valence-electron chi connectivity index (χ1n) is 5.50. The number of rotatable bonds is 5. The van der Waals surface area contributed by atoms with E-state index in [0.717, 1.165) is 22.4 Å². The lowest BCUT2D eigenvalue weighted by Crippen LogP contribution is -2.05. The molecule has 1 atom stereocenters. The molecule has 0 saturated heterocycles. The van der Waals surface area contributed by atoms with Gasteiger partial charge in [-0.25, -0.2) is 0 Å². The fourth-order valence-corrected chi connectivity index (χ4v) is 1.81. The van der Waals surface area contributed by atoms with Crippen molar-refractivity contribution >= 4 is 5.97 Å². The Morgan fingerprint density at radius 2 is 2.00 bits per heavy atom. The molecule has 0 saturated carbocycles. The lowest BCUT2D eigenvalue weighted by atomic mass is 9.97. The first-order valence-corrected chi connectivity index (χ1v) is 5.50. The summed E-state index contributed by atoms with van der Waals surface area (Å²) in [6.07, 6.45) is -0.552. The average molecular weight is 238 g/mol. The quantitative estimate of drug-likeness (QED) is 0.825. The van der Waals surface area contributed by atoms with Crippen LogP contribution in [0.3, 0.4) is 0 Å². The van der Waals surface area contributed by atoms with Gasteiger partial charge in [0.2, 0.25) is 0 Å². The molecule has 0 radical (unpaired) electrons. The van der Waals surface area contributed by atoms with Crippen LogP contribution in [0.15, 0.2) is 12.1 Å². The third kappa shape index (κ3) is 3.46. The van der Waals surface area contributed by atoms with Gasteiger partial charge >= 0.3 is 5.97 Å². The van der Waals surface area contributed by atoms with Crippen molar-refractivity contribution in [3.8, 4) is 5.75 Å². The van der Waals surface area contributed by atoms with Gasteiger partial charge < -0.3 is 14.9 Å². The van der Waals surface area contributed by atoms with Crippen molar-refractivity contribution in [2.24, 2.45) is 0 Å². The lowest BCUT2D eigenvalue weighted by Gasteiger charge is -2.15. The highest BCUT2D eigenvalue weighted by Crippen LogP contribution is 2.28. The second kappa shape index (κ2) is 5.68. The molecule has 0 amide bonds. The highest BCUT2D eigenvalue weighted by molar-refractivity contribution is 5.66. The molecule has 4 nitrogen and oxygen atoms in total. The van der Waals surface area contributed by atoms with Crippen LogP contribution in [-0.2, 0) is 4.79 Å². The van der Waals surface area contributed by atoms with Crippen molar-refractivity contribution in [3.05, 3.63) is 28.8 Å². The van der Waals surface area contributed by atoms with Crippen LogP contribution < -0.4 is 4.74 Å². The number of hydrogen-bond acceptors (Lipinski definition) is 3. The van der Waals surface area contributed by atoms with Crippen molar-refractivity contribution in [3.63, 3.8) is 0 Å². The Bertz CT molecular complexity index is 412. The van der Waals surface area contributed by atoms with Gasteiger partial charge in [-0.05, 0) is 49.1 Å². The van der Waals surface area contributed by atoms with Gasteiger partial charge in [0.25, 0.3) is 0 Å². The highest BCUT2D eigenvalue weighted by Gasteiger charge is 2.14. The summed E-state index contributed by atoms with van der Waals surface area (Å²) in [4.78, 5) is 10.5. The summed E-state index contributed by atoms with van der Waals surface area (Å²) < 4.78 is 5.18. The summed E-state index contributed by atoms with van der Waals surface area (Å²) >= 11 is 0. The number of methoxy groups -OCH3 is 1. The average Bonchev–Trinajstić information content (AvgIpc) is 2.28. The van der Waals surface area contributed by atoms with Crippen molar-refractivity contribution in [2.45, 2.75) is 32.8 Å². The molecule has 0 aliphatic heterocycles. The van der Waals surface area contributed by atoms with Gasteiger partial charge in [-0.2, -0.15) is 0 Å². The molecule has 0 bridgehead atoms. The molecule has 0 aliphatic rings. The normalized spacial score (nSPS) is 12.2. The van der Waals surface area contributed by atoms with Crippen molar-refractivity contribution in [2.75, 3.05) is 7.11 Å². The number of carbonyl (C=O) groups is 1. The molecule has 0 aliphatic carbocycles. The van der Waals surface area contributed by atoms with Gasteiger partial charge in [0.15, 0.2) is 0 Å². The Morgan fingerprint density at radius 3 is 2.53 bits per heavy atom. The smallest absolute Gasteiger partial charge is 0.303 e. The van der Waals surface area contributed by atoms with Gasteiger partial charge in [0.1, 0.15) is 5.75 Å². The number of ether oxygens (including phenoxy) is 1. The second-order valence-electron chi connectivity index (χ2n) is 4.13. The highest BCUT2D eigenvalue weighted by atomic mass is 16.5. The SMILES string of the molecule is COc1cc(C)c([C@@H](O)CCC(=O)O)cc1C. The molecular formula is C13H18O4. The maximum Gasteiger partial charge on any atom is 0.303 e. The van der Waals surface area contributed by atoms with Crippen molar-refractivity contribution < 1.29 is 19.7 Å². The molecule has 0 spiro atoms. The van der Waals surface area contributed by atoms with Gasteiger partial charge in [0.05, 0.1) is 13.2 Å². The number of aryl methyl sites for hydroxylation is 2. The van der Waals surface area contributed by atoms with E-state index in [1.54, 1.807) is 7.11 Å². The third-order valence-electron chi connectivity index (χ3n) is 2.77. The Kier molecular flexibility index (Phi) is 4.52. The molecular weight excluding hydrogens is 220 g/mol. The number of aliphatic hydroxyl groups is 1. The third-order valence-corrected chi connectivity index (χ3v) is 2.77. The maximum atomic E-state index is 10.5. The fraction of sp³-hybridized carbons (Fsp3) is 0.462. The molecule has 0 unspecified atom stereocenters. The second-order valence-corrected chi connectivity index (χ2v) is 4.13. The van der Waals surface area contributed by atoms with Crippen LogP contribution in [0.2, 0.25) is 0 Å². The molecule has 1 aromatic carbocycles. The van der Waals surface area contributed by atoms with E-state index in [1.807, 2.05) is 26.0 Å². The minimum atomic E-state index is -0.896. The van der Waals surface area contributed by atoms with Crippen LogP contribution in [0.1, 0.15) is 35.6 Å². The summed E-state index contributed by atoms with van der Waals surface area (Å²) in [7, 11) is 1.60. The predicted molar refractivity (Wildman–Crippen MR) is 64.3 cm³/mol. The van der Waals surface area contributed by atoms with E-state index in [4.69, 9.17) is 9.84 Å². The minimum absolute atomic E-state index is 0.0360. The number of aliphatic carboxylic acids is 1. The molecule has 0 heterocycles. The molecule has 17 heavy (non-hydrogen) atoms. The summed E-state index contributed by atoms with van der Waals surface area (Å²) in [5, 5.41) is 18.5. The van der Waals surface area contributed by atoms with Crippen LogP contribution in [0.5, 0.6) is 5.75 Å². The topological polar surface area (TPSA) is 66.8 Å². The van der Waals surface area contributed by atoms with Gasteiger partial charge in [-0.15, -0.1) is 0 Å². The molecule has 0 fully saturated rings. The van der Waals surface area contributed by atoms with Crippen molar-refractivity contribution in [1.82, 2.24) is 0 Å². The Morgan fingerprint density at radius 1 is 1.35 bits per heavy atom. The molecule has 4 heteroatoms. The maximum absolute atomic E-state index is 10.5. The summed E-state index contributed by atoms with van der Waals surface area (Å²) in [5.74, 6) is -0.122. The van der Waals surface area contributed by atoms with E-state index in [0.29, 0.717) is 0 Å². The lowest BCUT2D eigenvalue weighted by molar-refractivity contribution is -0.137. The zero-order chi connectivity index (χ0) is 13.0. The molecule has 0 aromatic heterocycles. The summed E-state index contributed by atoms with van der Waals surface area (Å²) in [6.45, 7) is 3.77. The van der Waals surface area contributed by atoms with E-state index in [9.17, 15) is 9.90 Å². The van der Waals surface area contributed by atoms with Crippen LogP contribution in [0.25, 0.3) is 0 Å². The minimum Gasteiger partial charge on any atom is -0.496 e. The van der Waals surface area contributed by atoms with Crippen molar-refractivity contribution in [1.29, 1.82) is 0 Å². The van der Waals surface area contributed by atoms with E-state index >= 15 is 0 Å². The number of carboxylic acids is 1. The van der Waals surface area contributed by atoms with Gasteiger partial charge in [-0.3, -0.25) is 4.79 Å². The number of benzene rings is 1. The number of aliphatic hydroxyl groups excluding tert-OH is 1.